The zero-order valence-electron chi connectivity index (χ0n) is 11.2. The molecule has 0 bridgehead atoms. The lowest BCUT2D eigenvalue weighted by Gasteiger charge is -2.33. The standard InChI is InChI=1S/C13H17BrN2O3S/c1-9-5-6-10(14)8-12(9)20(18,19)16-7-3-2-4-11(16)13(15)17/h5-6,8,11H,2-4,7H2,1H3,(H2,15,17)/t11-/m0/s1. The van der Waals surface area contributed by atoms with Gasteiger partial charge in [0.25, 0.3) is 0 Å². The number of carbonyl (C=O) groups is 1. The van der Waals surface area contributed by atoms with E-state index in [1.54, 1.807) is 25.1 Å². The Labute approximate surface area is 127 Å². The number of carbonyl (C=O) groups excluding carboxylic acids is 1. The molecule has 1 amide bonds. The van der Waals surface area contributed by atoms with E-state index in [1.165, 1.54) is 4.31 Å². The molecule has 0 spiro atoms. The normalized spacial score (nSPS) is 20.8. The smallest absolute Gasteiger partial charge is 0.244 e. The van der Waals surface area contributed by atoms with Crippen molar-refractivity contribution in [2.24, 2.45) is 5.73 Å². The molecule has 110 valence electrons. The highest BCUT2D eigenvalue weighted by Crippen LogP contribution is 2.28. The molecule has 1 fully saturated rings. The van der Waals surface area contributed by atoms with Crippen molar-refractivity contribution in [2.75, 3.05) is 6.54 Å². The van der Waals surface area contributed by atoms with Crippen LogP contribution >= 0.6 is 15.9 Å². The van der Waals surface area contributed by atoms with Gasteiger partial charge < -0.3 is 5.73 Å². The predicted octanol–water partition coefficient (Wildman–Crippen LogP) is 1.79. The number of halogens is 1. The molecule has 7 heteroatoms. The Balaban J connectivity index is 2.47. The zero-order valence-corrected chi connectivity index (χ0v) is 13.6. The predicted molar refractivity (Wildman–Crippen MR) is 79.6 cm³/mol. The summed E-state index contributed by atoms with van der Waals surface area (Å²) in [5.74, 6) is -0.582. The van der Waals surface area contributed by atoms with Crippen LogP contribution in [0.5, 0.6) is 0 Å². The molecule has 1 atom stereocenters. The van der Waals surface area contributed by atoms with Crippen molar-refractivity contribution < 1.29 is 13.2 Å². The highest BCUT2D eigenvalue weighted by atomic mass is 79.9. The molecule has 20 heavy (non-hydrogen) atoms. The number of sulfonamides is 1. The molecule has 0 saturated carbocycles. The van der Waals surface area contributed by atoms with Crippen LogP contribution in [0.4, 0.5) is 0 Å². The minimum Gasteiger partial charge on any atom is -0.368 e. The van der Waals surface area contributed by atoms with E-state index in [9.17, 15) is 13.2 Å². The van der Waals surface area contributed by atoms with E-state index in [4.69, 9.17) is 5.73 Å². The Hall–Kier alpha value is -0.920. The largest absolute Gasteiger partial charge is 0.368 e. The summed E-state index contributed by atoms with van der Waals surface area (Å²) in [5.41, 5.74) is 6.00. The van der Waals surface area contributed by atoms with Gasteiger partial charge in [0.15, 0.2) is 0 Å². The van der Waals surface area contributed by atoms with Crippen molar-refractivity contribution in [1.29, 1.82) is 0 Å². The number of hydrogen-bond donors (Lipinski definition) is 1. The Morgan fingerprint density at radius 2 is 2.10 bits per heavy atom. The van der Waals surface area contributed by atoms with Crippen molar-refractivity contribution in [3.05, 3.63) is 28.2 Å². The average molecular weight is 361 g/mol. The Bertz CT molecular complexity index is 631. The molecule has 0 aliphatic carbocycles. The van der Waals surface area contributed by atoms with Crippen molar-refractivity contribution in [3.63, 3.8) is 0 Å². The van der Waals surface area contributed by atoms with Crippen LogP contribution in [0.15, 0.2) is 27.6 Å². The summed E-state index contributed by atoms with van der Waals surface area (Å²) in [5, 5.41) is 0. The van der Waals surface area contributed by atoms with E-state index in [1.807, 2.05) is 0 Å². The first-order chi connectivity index (χ1) is 9.34. The molecule has 0 radical (unpaired) electrons. The second-order valence-corrected chi connectivity index (χ2v) is 7.71. The molecule has 2 rings (SSSR count). The zero-order chi connectivity index (χ0) is 14.9. The summed E-state index contributed by atoms with van der Waals surface area (Å²) in [6, 6.07) is 4.35. The van der Waals surface area contributed by atoms with Gasteiger partial charge in [0.1, 0.15) is 6.04 Å². The second kappa shape index (κ2) is 5.83. The van der Waals surface area contributed by atoms with Crippen molar-refractivity contribution in [3.8, 4) is 0 Å². The third-order valence-electron chi connectivity index (χ3n) is 3.52. The lowest BCUT2D eigenvalue weighted by atomic mass is 10.0. The number of piperidine rings is 1. The van der Waals surface area contributed by atoms with Crippen LogP contribution in [0.1, 0.15) is 24.8 Å². The number of benzene rings is 1. The van der Waals surface area contributed by atoms with Gasteiger partial charge in [-0.1, -0.05) is 28.4 Å². The summed E-state index contributed by atoms with van der Waals surface area (Å²) in [6.07, 6.45) is 2.05. The monoisotopic (exact) mass is 360 g/mol. The van der Waals surface area contributed by atoms with E-state index >= 15 is 0 Å². The molecule has 1 aromatic rings. The topological polar surface area (TPSA) is 80.5 Å². The summed E-state index contributed by atoms with van der Waals surface area (Å²) in [4.78, 5) is 11.7. The molecule has 0 aromatic heterocycles. The maximum absolute atomic E-state index is 12.8. The molecule has 2 N–H and O–H groups in total. The highest BCUT2D eigenvalue weighted by molar-refractivity contribution is 9.10. The summed E-state index contributed by atoms with van der Waals surface area (Å²) < 4.78 is 27.5. The molecule has 1 aliphatic heterocycles. The summed E-state index contributed by atoms with van der Waals surface area (Å²) in [6.45, 7) is 2.07. The van der Waals surface area contributed by atoms with E-state index in [0.717, 1.165) is 12.8 Å². The van der Waals surface area contributed by atoms with Gasteiger partial charge in [-0.15, -0.1) is 0 Å². The number of hydrogen-bond acceptors (Lipinski definition) is 3. The van der Waals surface area contributed by atoms with Gasteiger partial charge in [-0.2, -0.15) is 4.31 Å². The van der Waals surface area contributed by atoms with Gasteiger partial charge in [0.2, 0.25) is 15.9 Å². The maximum atomic E-state index is 12.8. The Morgan fingerprint density at radius 3 is 2.75 bits per heavy atom. The van der Waals surface area contributed by atoms with Gasteiger partial charge in [0, 0.05) is 11.0 Å². The molecule has 0 unspecified atom stereocenters. The van der Waals surface area contributed by atoms with Crippen LogP contribution < -0.4 is 5.73 Å². The van der Waals surface area contributed by atoms with Gasteiger partial charge in [-0.05, 0) is 37.5 Å². The second-order valence-electron chi connectivity index (χ2n) is 4.94. The van der Waals surface area contributed by atoms with Crippen LogP contribution in [0.25, 0.3) is 0 Å². The van der Waals surface area contributed by atoms with Crippen LogP contribution in [-0.4, -0.2) is 31.2 Å². The Kier molecular flexibility index (Phi) is 4.51. The maximum Gasteiger partial charge on any atom is 0.244 e. The number of nitrogens with two attached hydrogens (primary N) is 1. The van der Waals surface area contributed by atoms with Gasteiger partial charge >= 0.3 is 0 Å². The average Bonchev–Trinajstić information content (AvgIpc) is 2.41. The molecule has 5 nitrogen and oxygen atoms in total. The third-order valence-corrected chi connectivity index (χ3v) is 6.06. The van der Waals surface area contributed by atoms with E-state index in [-0.39, 0.29) is 4.90 Å². The van der Waals surface area contributed by atoms with Crippen molar-refractivity contribution >= 4 is 31.9 Å². The van der Waals surface area contributed by atoms with E-state index < -0.39 is 22.0 Å². The highest BCUT2D eigenvalue weighted by Gasteiger charge is 2.37. The SMILES string of the molecule is Cc1ccc(Br)cc1S(=O)(=O)N1CCCC[C@H]1C(N)=O. The Morgan fingerprint density at radius 1 is 1.40 bits per heavy atom. The van der Waals surface area contributed by atoms with Crippen molar-refractivity contribution in [1.82, 2.24) is 4.31 Å². The lowest BCUT2D eigenvalue weighted by molar-refractivity contribution is -0.122. The van der Waals surface area contributed by atoms with Crippen LogP contribution in [-0.2, 0) is 14.8 Å². The number of rotatable bonds is 3. The van der Waals surface area contributed by atoms with Gasteiger partial charge in [0.05, 0.1) is 4.90 Å². The molecule has 1 aliphatic rings. The lowest BCUT2D eigenvalue weighted by Crippen LogP contribution is -2.50. The van der Waals surface area contributed by atoms with Crippen molar-refractivity contribution in [2.45, 2.75) is 37.1 Å². The van der Waals surface area contributed by atoms with Crippen LogP contribution in [0.2, 0.25) is 0 Å². The minimum absolute atomic E-state index is 0.222. The fourth-order valence-corrected chi connectivity index (χ4v) is 4.89. The van der Waals surface area contributed by atoms with Crippen LogP contribution in [0.3, 0.4) is 0 Å². The molecule has 1 aromatic carbocycles. The minimum atomic E-state index is -3.71. The number of primary amides is 1. The fraction of sp³-hybridized carbons (Fsp3) is 0.462. The molecule has 1 saturated heterocycles. The van der Waals surface area contributed by atoms with Gasteiger partial charge in [-0.3, -0.25) is 4.79 Å². The summed E-state index contributed by atoms with van der Waals surface area (Å²) in [7, 11) is -3.71. The first-order valence-corrected chi connectivity index (χ1v) is 8.64. The molecular formula is C13H17BrN2O3S. The first kappa shape index (κ1) is 15.5. The number of amides is 1. The van der Waals surface area contributed by atoms with E-state index in [0.29, 0.717) is 23.0 Å². The third kappa shape index (κ3) is 2.89. The van der Waals surface area contributed by atoms with E-state index in [2.05, 4.69) is 15.9 Å². The first-order valence-electron chi connectivity index (χ1n) is 6.41. The fourth-order valence-electron chi connectivity index (χ4n) is 2.46. The summed E-state index contributed by atoms with van der Waals surface area (Å²) >= 11 is 3.28. The number of aryl methyl sites for hydroxylation is 1. The molecule has 1 heterocycles. The number of nitrogens with zero attached hydrogens (tertiary/aromatic N) is 1. The molecular weight excluding hydrogens is 344 g/mol. The van der Waals surface area contributed by atoms with Gasteiger partial charge in [-0.25, -0.2) is 8.42 Å². The van der Waals surface area contributed by atoms with Crippen LogP contribution in [0, 0.1) is 6.92 Å². The quantitative estimate of drug-likeness (QED) is 0.891.